The number of halogens is 2. The van der Waals surface area contributed by atoms with Crippen molar-refractivity contribution in [2.75, 3.05) is 6.61 Å². The zero-order valence-corrected chi connectivity index (χ0v) is 16.0. The summed E-state index contributed by atoms with van der Waals surface area (Å²) in [4.78, 5) is 7.93. The average molecular weight is 397 g/mol. The summed E-state index contributed by atoms with van der Waals surface area (Å²) in [6, 6.07) is 17.8. The van der Waals surface area contributed by atoms with Gasteiger partial charge in [0.25, 0.3) is 0 Å². The lowest BCUT2D eigenvalue weighted by molar-refractivity contribution is 0.269. The average Bonchev–Trinajstić information content (AvgIpc) is 3.12. The summed E-state index contributed by atoms with van der Waals surface area (Å²) in [7, 11) is 0. The quantitative estimate of drug-likeness (QED) is 0.434. The van der Waals surface area contributed by atoms with E-state index in [1.165, 1.54) is 12.1 Å². The molecule has 28 heavy (non-hydrogen) atoms. The number of hydrogen-bond donors (Lipinski definition) is 1. The molecule has 1 N–H and O–H groups in total. The minimum Gasteiger partial charge on any atom is -0.490 e. The Bertz CT molecular complexity index is 1090. The maximum Gasteiger partial charge on any atom is 0.161 e. The van der Waals surface area contributed by atoms with Gasteiger partial charge in [-0.1, -0.05) is 29.8 Å². The zero-order chi connectivity index (χ0) is 19.5. The summed E-state index contributed by atoms with van der Waals surface area (Å²) < 4.78 is 24.8. The van der Waals surface area contributed by atoms with Crippen LogP contribution < -0.4 is 9.47 Å². The number of nitrogens with one attached hydrogen (secondary N) is 1. The van der Waals surface area contributed by atoms with Crippen molar-refractivity contribution in [2.45, 2.75) is 13.5 Å². The van der Waals surface area contributed by atoms with Crippen molar-refractivity contribution in [3.63, 3.8) is 0 Å². The SMILES string of the molecule is CCOc1cc(-c2nc3ccccc3[nH]2)ccc1OCc1ccc(F)cc1Cl. The summed E-state index contributed by atoms with van der Waals surface area (Å²) in [6.45, 7) is 2.62. The second kappa shape index (κ2) is 7.90. The van der Waals surface area contributed by atoms with Gasteiger partial charge in [0.2, 0.25) is 0 Å². The molecule has 0 aliphatic carbocycles. The first-order valence-corrected chi connectivity index (χ1v) is 9.30. The van der Waals surface area contributed by atoms with Crippen LogP contribution in [-0.4, -0.2) is 16.6 Å². The van der Waals surface area contributed by atoms with Crippen LogP contribution in [0.15, 0.2) is 60.7 Å². The Hall–Kier alpha value is -3.05. The first-order valence-electron chi connectivity index (χ1n) is 8.92. The fourth-order valence-corrected chi connectivity index (χ4v) is 3.15. The van der Waals surface area contributed by atoms with Gasteiger partial charge in [0.05, 0.1) is 22.7 Å². The number of rotatable bonds is 6. The normalized spacial score (nSPS) is 11.0. The molecule has 3 aromatic carbocycles. The zero-order valence-electron chi connectivity index (χ0n) is 15.2. The summed E-state index contributed by atoms with van der Waals surface area (Å²) in [5.41, 5.74) is 3.47. The standard InChI is InChI=1S/C22H18ClFN2O2/c1-2-27-21-11-14(22-25-18-5-3-4-6-19(18)26-22)8-10-20(21)28-13-15-7-9-16(24)12-17(15)23/h3-12H,2,13H2,1H3,(H,25,26). The van der Waals surface area contributed by atoms with Crippen molar-refractivity contribution in [3.8, 4) is 22.9 Å². The molecule has 0 saturated heterocycles. The predicted octanol–water partition coefficient (Wildman–Crippen LogP) is 6.00. The lowest BCUT2D eigenvalue weighted by Gasteiger charge is -2.13. The highest BCUT2D eigenvalue weighted by Gasteiger charge is 2.12. The number of imidazole rings is 1. The molecule has 0 unspecified atom stereocenters. The van der Waals surface area contributed by atoms with Gasteiger partial charge >= 0.3 is 0 Å². The number of fused-ring (bicyclic) bond motifs is 1. The van der Waals surface area contributed by atoms with Gasteiger partial charge in [-0.15, -0.1) is 0 Å². The van der Waals surface area contributed by atoms with Crippen molar-refractivity contribution in [2.24, 2.45) is 0 Å². The van der Waals surface area contributed by atoms with Crippen LogP contribution in [-0.2, 0) is 6.61 Å². The molecular weight excluding hydrogens is 379 g/mol. The molecule has 0 bridgehead atoms. The Morgan fingerprint density at radius 1 is 1.00 bits per heavy atom. The highest BCUT2D eigenvalue weighted by molar-refractivity contribution is 6.31. The van der Waals surface area contributed by atoms with Crippen molar-refractivity contribution in [1.82, 2.24) is 9.97 Å². The van der Waals surface area contributed by atoms with Gasteiger partial charge in [-0.05, 0) is 49.4 Å². The maximum absolute atomic E-state index is 13.2. The molecule has 1 heterocycles. The number of nitrogens with zero attached hydrogens (tertiary/aromatic N) is 1. The predicted molar refractivity (Wildman–Crippen MR) is 108 cm³/mol. The molecule has 4 nitrogen and oxygen atoms in total. The van der Waals surface area contributed by atoms with E-state index in [1.54, 1.807) is 6.07 Å². The summed E-state index contributed by atoms with van der Waals surface area (Å²) in [5.74, 6) is 1.58. The minimum absolute atomic E-state index is 0.211. The Kier molecular flexibility index (Phi) is 5.17. The van der Waals surface area contributed by atoms with Crippen molar-refractivity contribution in [3.05, 3.63) is 77.1 Å². The monoisotopic (exact) mass is 396 g/mol. The van der Waals surface area contributed by atoms with E-state index in [0.29, 0.717) is 28.7 Å². The molecule has 0 atom stereocenters. The van der Waals surface area contributed by atoms with Crippen molar-refractivity contribution in [1.29, 1.82) is 0 Å². The van der Waals surface area contributed by atoms with Gasteiger partial charge in [0, 0.05) is 11.1 Å². The van der Waals surface area contributed by atoms with E-state index in [2.05, 4.69) is 9.97 Å². The number of hydrogen-bond acceptors (Lipinski definition) is 3. The van der Waals surface area contributed by atoms with Gasteiger partial charge in [-0.3, -0.25) is 0 Å². The van der Waals surface area contributed by atoms with E-state index in [4.69, 9.17) is 21.1 Å². The molecule has 0 fully saturated rings. The van der Waals surface area contributed by atoms with Gasteiger partial charge in [-0.25, -0.2) is 9.37 Å². The summed E-state index contributed by atoms with van der Waals surface area (Å²) in [6.07, 6.45) is 0. The van der Waals surface area contributed by atoms with Crippen molar-refractivity contribution < 1.29 is 13.9 Å². The van der Waals surface area contributed by atoms with Crippen LogP contribution >= 0.6 is 11.6 Å². The van der Waals surface area contributed by atoms with Crippen LogP contribution in [0.4, 0.5) is 4.39 Å². The van der Waals surface area contributed by atoms with Gasteiger partial charge in [0.15, 0.2) is 11.5 Å². The van der Waals surface area contributed by atoms with Crippen LogP contribution in [0.3, 0.4) is 0 Å². The van der Waals surface area contributed by atoms with Crippen LogP contribution in [0, 0.1) is 5.82 Å². The largest absolute Gasteiger partial charge is 0.490 e. The van der Waals surface area contributed by atoms with E-state index in [-0.39, 0.29) is 12.4 Å². The second-order valence-electron chi connectivity index (χ2n) is 6.22. The Morgan fingerprint density at radius 3 is 2.64 bits per heavy atom. The Morgan fingerprint density at radius 2 is 1.86 bits per heavy atom. The topological polar surface area (TPSA) is 47.1 Å². The first-order chi connectivity index (χ1) is 13.6. The number of aromatic nitrogens is 2. The second-order valence-corrected chi connectivity index (χ2v) is 6.63. The fraction of sp³-hybridized carbons (Fsp3) is 0.136. The minimum atomic E-state index is -0.376. The van der Waals surface area contributed by atoms with E-state index in [1.807, 2.05) is 49.4 Å². The molecule has 0 aliphatic heterocycles. The summed E-state index contributed by atoms with van der Waals surface area (Å²) >= 11 is 6.08. The van der Waals surface area contributed by atoms with Crippen LogP contribution in [0.1, 0.15) is 12.5 Å². The van der Waals surface area contributed by atoms with Gasteiger partial charge in [-0.2, -0.15) is 0 Å². The first kappa shape index (κ1) is 18.3. The third-order valence-electron chi connectivity index (χ3n) is 4.30. The molecule has 0 aliphatic rings. The molecule has 0 spiro atoms. The van der Waals surface area contributed by atoms with E-state index in [0.717, 1.165) is 22.4 Å². The van der Waals surface area contributed by atoms with E-state index < -0.39 is 0 Å². The smallest absolute Gasteiger partial charge is 0.161 e. The van der Waals surface area contributed by atoms with Crippen LogP contribution in [0.25, 0.3) is 22.4 Å². The highest BCUT2D eigenvalue weighted by Crippen LogP contribution is 2.33. The molecule has 1 aromatic heterocycles. The van der Waals surface area contributed by atoms with Gasteiger partial charge < -0.3 is 14.5 Å². The van der Waals surface area contributed by atoms with E-state index >= 15 is 0 Å². The summed E-state index contributed by atoms with van der Waals surface area (Å²) in [5, 5.41) is 0.330. The molecule has 142 valence electrons. The Labute approximate surface area is 166 Å². The fourth-order valence-electron chi connectivity index (χ4n) is 2.93. The van der Waals surface area contributed by atoms with Crippen LogP contribution in [0.5, 0.6) is 11.5 Å². The van der Waals surface area contributed by atoms with E-state index in [9.17, 15) is 4.39 Å². The number of H-pyrrole nitrogens is 1. The van der Waals surface area contributed by atoms with Crippen molar-refractivity contribution >= 4 is 22.6 Å². The lowest BCUT2D eigenvalue weighted by atomic mass is 10.2. The highest BCUT2D eigenvalue weighted by atomic mass is 35.5. The third-order valence-corrected chi connectivity index (χ3v) is 4.66. The number of benzene rings is 3. The lowest BCUT2D eigenvalue weighted by Crippen LogP contribution is -2.01. The molecule has 0 saturated carbocycles. The molecule has 0 amide bonds. The Balaban J connectivity index is 1.61. The molecule has 0 radical (unpaired) electrons. The molecule has 4 rings (SSSR count). The number of ether oxygens (including phenoxy) is 2. The third kappa shape index (κ3) is 3.80. The number of para-hydroxylation sites is 2. The number of aromatic amines is 1. The molecule has 6 heteroatoms. The maximum atomic E-state index is 13.2. The molecule has 4 aromatic rings. The van der Waals surface area contributed by atoms with Crippen LogP contribution in [0.2, 0.25) is 5.02 Å². The van der Waals surface area contributed by atoms with Gasteiger partial charge in [0.1, 0.15) is 18.2 Å². The molecular formula is C22H18ClFN2O2.